The van der Waals surface area contributed by atoms with Gasteiger partial charge in [0, 0.05) is 5.57 Å². The minimum absolute atomic E-state index is 0.177. The van der Waals surface area contributed by atoms with Crippen molar-refractivity contribution in [2.45, 2.75) is 19.1 Å². The molecule has 0 aliphatic carbocycles. The Morgan fingerprint density at radius 1 is 1.35 bits per heavy atom. The highest BCUT2D eigenvalue weighted by Crippen LogP contribution is 2.36. The highest BCUT2D eigenvalue weighted by atomic mass is 32.2. The molecule has 0 radical (unpaired) electrons. The lowest BCUT2D eigenvalue weighted by Crippen LogP contribution is -1.98. The fourth-order valence-corrected chi connectivity index (χ4v) is 2.78. The number of hydrogen-bond acceptors (Lipinski definition) is 2. The Hall–Kier alpha value is -1.74. The van der Waals surface area contributed by atoms with Crippen molar-refractivity contribution in [3.63, 3.8) is 0 Å². The number of carbonyl (C=O) groups is 1. The van der Waals surface area contributed by atoms with E-state index in [-0.39, 0.29) is 5.25 Å². The molecule has 106 valence electrons. The number of allylic oxidation sites excluding steroid dienone is 3. The highest BCUT2D eigenvalue weighted by molar-refractivity contribution is 7.99. The molecule has 1 aromatic rings. The lowest BCUT2D eigenvalue weighted by Gasteiger charge is -2.17. The first-order valence-electron chi connectivity index (χ1n) is 6.50. The normalized spacial score (nSPS) is 13.9. The van der Waals surface area contributed by atoms with Crippen molar-refractivity contribution in [3.05, 3.63) is 71.8 Å². The summed E-state index contributed by atoms with van der Waals surface area (Å²) in [5.41, 5.74) is 2.54. The molecular formula is C17H20O2S. The molecule has 0 bridgehead atoms. The molecule has 1 N–H and O–H groups in total. The molecule has 1 aromatic carbocycles. The van der Waals surface area contributed by atoms with Gasteiger partial charge in [-0.05, 0) is 23.8 Å². The number of benzene rings is 1. The van der Waals surface area contributed by atoms with E-state index in [0.29, 0.717) is 5.57 Å². The quantitative estimate of drug-likeness (QED) is 0.587. The minimum atomic E-state index is -0.899. The molecule has 20 heavy (non-hydrogen) atoms. The molecule has 3 heteroatoms. The highest BCUT2D eigenvalue weighted by Gasteiger charge is 2.13. The summed E-state index contributed by atoms with van der Waals surface area (Å²) in [5, 5.41) is 9.08. The standard InChI is InChI=1S/C17H20O2S/c1-4-14(12-11-13(3)17(18)19)16(20-5-2)15-9-7-6-8-10-15/h4,6-12,16H,1,5H2,2-3H3,(H,18,19)/b13-11+,14-12+. The second-order valence-corrected chi connectivity index (χ2v) is 5.65. The molecule has 1 atom stereocenters. The fraction of sp³-hybridized carbons (Fsp3) is 0.235. The van der Waals surface area contributed by atoms with Gasteiger partial charge in [0.1, 0.15) is 0 Å². The smallest absolute Gasteiger partial charge is 0.331 e. The third-order valence-corrected chi connectivity index (χ3v) is 4.05. The summed E-state index contributed by atoms with van der Waals surface area (Å²) in [7, 11) is 0. The first-order valence-corrected chi connectivity index (χ1v) is 7.55. The lowest BCUT2D eigenvalue weighted by atomic mass is 10.0. The van der Waals surface area contributed by atoms with Gasteiger partial charge >= 0.3 is 5.97 Å². The predicted octanol–water partition coefficient (Wildman–Crippen LogP) is 4.62. The molecule has 0 saturated carbocycles. The van der Waals surface area contributed by atoms with E-state index in [2.05, 4.69) is 25.6 Å². The molecule has 1 unspecified atom stereocenters. The van der Waals surface area contributed by atoms with Gasteiger partial charge in [0.05, 0.1) is 5.25 Å². The number of rotatable bonds is 7. The summed E-state index contributed by atoms with van der Waals surface area (Å²) in [6, 6.07) is 10.2. The Balaban J connectivity index is 3.10. The van der Waals surface area contributed by atoms with Gasteiger partial charge in [-0.1, -0.05) is 62.1 Å². The first kappa shape index (κ1) is 16.3. The summed E-state index contributed by atoms with van der Waals surface area (Å²) in [5.74, 6) is 0.0795. The van der Waals surface area contributed by atoms with Gasteiger partial charge in [-0.2, -0.15) is 0 Å². The van der Waals surface area contributed by atoms with Crippen molar-refractivity contribution in [1.82, 2.24) is 0 Å². The SMILES string of the molecule is C=C/C(=C\C=C(/C)C(=O)O)C(SCC)c1ccccc1. The van der Waals surface area contributed by atoms with Crippen LogP contribution in [0.3, 0.4) is 0 Å². The lowest BCUT2D eigenvalue weighted by molar-refractivity contribution is -0.132. The Morgan fingerprint density at radius 3 is 2.50 bits per heavy atom. The van der Waals surface area contributed by atoms with Gasteiger partial charge in [0.2, 0.25) is 0 Å². The van der Waals surface area contributed by atoms with Crippen LogP contribution in [-0.4, -0.2) is 16.8 Å². The van der Waals surface area contributed by atoms with E-state index in [9.17, 15) is 4.79 Å². The van der Waals surface area contributed by atoms with Crippen LogP contribution in [0.2, 0.25) is 0 Å². The number of thioether (sulfide) groups is 1. The predicted molar refractivity (Wildman–Crippen MR) is 87.0 cm³/mol. The monoisotopic (exact) mass is 288 g/mol. The summed E-state index contributed by atoms with van der Waals surface area (Å²) >= 11 is 1.81. The van der Waals surface area contributed by atoms with Gasteiger partial charge in [-0.3, -0.25) is 0 Å². The average molecular weight is 288 g/mol. The molecule has 0 aromatic heterocycles. The van der Waals surface area contributed by atoms with Crippen molar-refractivity contribution < 1.29 is 9.90 Å². The molecular weight excluding hydrogens is 268 g/mol. The van der Waals surface area contributed by atoms with E-state index < -0.39 is 5.97 Å². The summed E-state index contributed by atoms with van der Waals surface area (Å²) in [6.45, 7) is 7.55. The zero-order valence-electron chi connectivity index (χ0n) is 11.9. The maximum atomic E-state index is 10.8. The first-order chi connectivity index (χ1) is 9.60. The number of carboxylic acids is 1. The van der Waals surface area contributed by atoms with Gasteiger partial charge < -0.3 is 5.11 Å². The molecule has 0 fully saturated rings. The molecule has 0 aliphatic rings. The molecule has 2 nitrogen and oxygen atoms in total. The van der Waals surface area contributed by atoms with Crippen LogP contribution in [0.15, 0.2) is 66.3 Å². The largest absolute Gasteiger partial charge is 0.478 e. The van der Waals surface area contributed by atoms with Crippen LogP contribution in [0, 0.1) is 0 Å². The summed E-state index contributed by atoms with van der Waals surface area (Å²) in [4.78, 5) is 10.8. The zero-order valence-corrected chi connectivity index (χ0v) is 12.7. The Bertz CT molecular complexity index is 515. The molecule has 1 rings (SSSR count). The third-order valence-electron chi connectivity index (χ3n) is 2.84. The van der Waals surface area contributed by atoms with Crippen molar-refractivity contribution >= 4 is 17.7 Å². The molecule has 0 aliphatic heterocycles. The van der Waals surface area contributed by atoms with E-state index in [1.807, 2.05) is 24.3 Å². The molecule has 0 amide bonds. The molecule has 0 saturated heterocycles. The van der Waals surface area contributed by atoms with E-state index in [4.69, 9.17) is 5.11 Å². The molecule has 0 heterocycles. The van der Waals surface area contributed by atoms with Crippen LogP contribution >= 0.6 is 11.8 Å². The van der Waals surface area contributed by atoms with Crippen LogP contribution in [0.25, 0.3) is 0 Å². The number of carboxylic acid groups (broad SMARTS) is 1. The summed E-state index contributed by atoms with van der Waals surface area (Å²) < 4.78 is 0. The van der Waals surface area contributed by atoms with Crippen molar-refractivity contribution in [3.8, 4) is 0 Å². The van der Waals surface area contributed by atoms with Crippen LogP contribution < -0.4 is 0 Å². The Kier molecular flexibility index (Phi) is 6.88. The topological polar surface area (TPSA) is 37.3 Å². The number of hydrogen-bond donors (Lipinski definition) is 1. The van der Waals surface area contributed by atoms with Gasteiger partial charge in [0.15, 0.2) is 0 Å². The van der Waals surface area contributed by atoms with Crippen LogP contribution in [0.4, 0.5) is 0 Å². The minimum Gasteiger partial charge on any atom is -0.478 e. The maximum absolute atomic E-state index is 10.8. The van der Waals surface area contributed by atoms with Crippen molar-refractivity contribution in [2.75, 3.05) is 5.75 Å². The van der Waals surface area contributed by atoms with Crippen LogP contribution in [0.1, 0.15) is 24.7 Å². The van der Waals surface area contributed by atoms with Gasteiger partial charge in [0.25, 0.3) is 0 Å². The van der Waals surface area contributed by atoms with E-state index in [0.717, 1.165) is 11.3 Å². The van der Waals surface area contributed by atoms with E-state index in [1.165, 1.54) is 5.56 Å². The fourth-order valence-electron chi connectivity index (χ4n) is 1.73. The Labute approximate surface area is 124 Å². The third kappa shape index (κ3) is 4.74. The van der Waals surface area contributed by atoms with Gasteiger partial charge in [-0.15, -0.1) is 11.8 Å². The summed E-state index contributed by atoms with van der Waals surface area (Å²) in [6.07, 6.45) is 5.27. The van der Waals surface area contributed by atoms with Crippen LogP contribution in [0.5, 0.6) is 0 Å². The van der Waals surface area contributed by atoms with Gasteiger partial charge in [-0.25, -0.2) is 4.79 Å². The van der Waals surface area contributed by atoms with Crippen molar-refractivity contribution in [2.24, 2.45) is 0 Å². The van der Waals surface area contributed by atoms with Crippen LogP contribution in [-0.2, 0) is 4.79 Å². The Morgan fingerprint density at radius 2 is 2.00 bits per heavy atom. The van der Waals surface area contributed by atoms with Crippen molar-refractivity contribution in [1.29, 1.82) is 0 Å². The van der Waals surface area contributed by atoms with E-state index >= 15 is 0 Å². The second-order valence-electron chi connectivity index (χ2n) is 4.27. The second kappa shape index (κ2) is 8.43. The maximum Gasteiger partial charge on any atom is 0.331 e. The zero-order chi connectivity index (χ0) is 15.0. The number of aliphatic carboxylic acids is 1. The van der Waals surface area contributed by atoms with E-state index in [1.54, 1.807) is 30.8 Å². The average Bonchev–Trinajstić information content (AvgIpc) is 2.47. The molecule has 0 spiro atoms.